The lowest BCUT2D eigenvalue weighted by molar-refractivity contribution is 0.102. The van der Waals surface area contributed by atoms with Crippen molar-refractivity contribution < 1.29 is 9.21 Å². The zero-order valence-corrected chi connectivity index (χ0v) is 11.5. The van der Waals surface area contributed by atoms with Crippen LogP contribution in [-0.2, 0) is 0 Å². The van der Waals surface area contributed by atoms with Gasteiger partial charge < -0.3 is 9.73 Å². The Morgan fingerprint density at radius 2 is 2.19 bits per heavy atom. The Balaban J connectivity index is 1.90. The zero-order chi connectivity index (χ0) is 14.8. The Hall–Kier alpha value is -2.96. The first-order valence-electron chi connectivity index (χ1n) is 6.33. The molecule has 0 spiro atoms. The zero-order valence-electron chi connectivity index (χ0n) is 11.5. The monoisotopic (exact) mass is 283 g/mol. The lowest BCUT2D eigenvalue weighted by atomic mass is 10.1. The standard InChI is InChI=1S/C14H13N5O2/c1-8-3-4-10(14-19-16-7-21-14)5-12(8)17-13(20)11-6-15-18-9(11)2/h3-7H,1-2H3,(H,15,18)(H,17,20). The Morgan fingerprint density at radius 3 is 2.86 bits per heavy atom. The average molecular weight is 283 g/mol. The largest absolute Gasteiger partial charge is 0.423 e. The quantitative estimate of drug-likeness (QED) is 0.769. The minimum absolute atomic E-state index is 0.216. The van der Waals surface area contributed by atoms with Gasteiger partial charge in [-0.25, -0.2) is 0 Å². The Morgan fingerprint density at radius 1 is 1.33 bits per heavy atom. The number of nitrogens with one attached hydrogen (secondary N) is 2. The number of H-pyrrole nitrogens is 1. The molecule has 0 aliphatic carbocycles. The number of anilines is 1. The van der Waals surface area contributed by atoms with E-state index in [4.69, 9.17) is 4.42 Å². The minimum Gasteiger partial charge on any atom is -0.423 e. The summed E-state index contributed by atoms with van der Waals surface area (Å²) in [4.78, 5) is 12.2. The molecule has 106 valence electrons. The summed E-state index contributed by atoms with van der Waals surface area (Å²) in [6.45, 7) is 3.71. The first kappa shape index (κ1) is 13.0. The molecule has 0 saturated carbocycles. The number of carbonyl (C=O) groups excluding carboxylic acids is 1. The van der Waals surface area contributed by atoms with Crippen LogP contribution >= 0.6 is 0 Å². The molecule has 21 heavy (non-hydrogen) atoms. The number of carbonyl (C=O) groups is 1. The number of hydrogen-bond donors (Lipinski definition) is 2. The minimum atomic E-state index is -0.216. The molecule has 0 saturated heterocycles. The van der Waals surface area contributed by atoms with Gasteiger partial charge in [0.25, 0.3) is 5.91 Å². The van der Waals surface area contributed by atoms with Crippen molar-refractivity contribution in [3.63, 3.8) is 0 Å². The van der Waals surface area contributed by atoms with Gasteiger partial charge in [-0.3, -0.25) is 9.89 Å². The van der Waals surface area contributed by atoms with Gasteiger partial charge in [-0.1, -0.05) is 6.07 Å². The maximum Gasteiger partial charge on any atom is 0.259 e. The molecule has 1 amide bonds. The highest BCUT2D eigenvalue weighted by molar-refractivity contribution is 6.05. The third-order valence-corrected chi connectivity index (χ3v) is 3.17. The number of amides is 1. The summed E-state index contributed by atoms with van der Waals surface area (Å²) in [5, 5.41) is 17.0. The van der Waals surface area contributed by atoms with E-state index in [0.717, 1.165) is 16.8 Å². The molecule has 0 radical (unpaired) electrons. The molecule has 0 aliphatic heterocycles. The third kappa shape index (κ3) is 2.53. The molecule has 1 aromatic carbocycles. The molecule has 3 rings (SSSR count). The smallest absolute Gasteiger partial charge is 0.259 e. The van der Waals surface area contributed by atoms with Crippen molar-refractivity contribution in [2.24, 2.45) is 0 Å². The van der Waals surface area contributed by atoms with Crippen molar-refractivity contribution >= 4 is 11.6 Å². The van der Waals surface area contributed by atoms with E-state index in [2.05, 4.69) is 25.7 Å². The number of aryl methyl sites for hydroxylation is 2. The van der Waals surface area contributed by atoms with Crippen molar-refractivity contribution in [3.8, 4) is 11.5 Å². The molecule has 0 fully saturated rings. The van der Waals surface area contributed by atoms with Gasteiger partial charge in [-0.05, 0) is 31.5 Å². The Labute approximate surface area is 120 Å². The van der Waals surface area contributed by atoms with Crippen molar-refractivity contribution in [2.75, 3.05) is 5.32 Å². The summed E-state index contributed by atoms with van der Waals surface area (Å²) in [7, 11) is 0. The van der Waals surface area contributed by atoms with E-state index in [1.54, 1.807) is 13.0 Å². The summed E-state index contributed by atoms with van der Waals surface area (Å²) in [5.74, 6) is 0.192. The topological polar surface area (TPSA) is 96.7 Å². The maximum absolute atomic E-state index is 12.2. The number of rotatable bonds is 3. The van der Waals surface area contributed by atoms with E-state index in [0.29, 0.717) is 17.1 Å². The summed E-state index contributed by atoms with van der Waals surface area (Å²) in [6.07, 6.45) is 2.77. The van der Waals surface area contributed by atoms with Crippen molar-refractivity contribution in [3.05, 3.63) is 47.6 Å². The van der Waals surface area contributed by atoms with Crippen molar-refractivity contribution in [1.82, 2.24) is 20.4 Å². The molecule has 2 heterocycles. The molecule has 0 atom stereocenters. The van der Waals surface area contributed by atoms with Crippen LogP contribution in [0.4, 0.5) is 5.69 Å². The van der Waals surface area contributed by atoms with E-state index >= 15 is 0 Å². The van der Waals surface area contributed by atoms with E-state index in [1.165, 1.54) is 12.6 Å². The van der Waals surface area contributed by atoms with Gasteiger partial charge in [-0.15, -0.1) is 10.2 Å². The third-order valence-electron chi connectivity index (χ3n) is 3.17. The molecule has 7 nitrogen and oxygen atoms in total. The van der Waals surface area contributed by atoms with Gasteiger partial charge in [0.05, 0.1) is 11.8 Å². The number of benzene rings is 1. The lowest BCUT2D eigenvalue weighted by Gasteiger charge is -2.09. The van der Waals surface area contributed by atoms with Crippen LogP contribution < -0.4 is 5.32 Å². The van der Waals surface area contributed by atoms with Crippen LogP contribution in [0.25, 0.3) is 11.5 Å². The van der Waals surface area contributed by atoms with Gasteiger partial charge in [0, 0.05) is 16.9 Å². The normalized spacial score (nSPS) is 10.6. The lowest BCUT2D eigenvalue weighted by Crippen LogP contribution is -2.13. The first-order valence-corrected chi connectivity index (χ1v) is 6.33. The fourth-order valence-corrected chi connectivity index (χ4v) is 1.96. The number of aromatic nitrogens is 4. The molecule has 7 heteroatoms. The molecule has 3 aromatic rings. The van der Waals surface area contributed by atoms with E-state index in [-0.39, 0.29) is 5.91 Å². The maximum atomic E-state index is 12.2. The van der Waals surface area contributed by atoms with E-state index < -0.39 is 0 Å². The Kier molecular flexibility index (Phi) is 3.23. The Bertz CT molecular complexity index is 777. The van der Waals surface area contributed by atoms with Crippen LogP contribution in [0.1, 0.15) is 21.6 Å². The van der Waals surface area contributed by atoms with Gasteiger partial charge >= 0.3 is 0 Å². The summed E-state index contributed by atoms with van der Waals surface area (Å²) in [6, 6.07) is 5.55. The number of hydrogen-bond acceptors (Lipinski definition) is 5. The molecular formula is C14H13N5O2. The highest BCUT2D eigenvalue weighted by atomic mass is 16.4. The number of nitrogens with zero attached hydrogens (tertiary/aromatic N) is 3. The van der Waals surface area contributed by atoms with Crippen LogP contribution in [0.2, 0.25) is 0 Å². The molecule has 0 bridgehead atoms. The van der Waals surface area contributed by atoms with Crippen LogP contribution in [0.15, 0.2) is 35.2 Å². The van der Waals surface area contributed by atoms with Gasteiger partial charge in [-0.2, -0.15) is 5.10 Å². The van der Waals surface area contributed by atoms with Crippen LogP contribution in [0, 0.1) is 13.8 Å². The van der Waals surface area contributed by atoms with Crippen LogP contribution in [-0.4, -0.2) is 26.3 Å². The van der Waals surface area contributed by atoms with Gasteiger partial charge in [0.15, 0.2) is 0 Å². The number of aromatic amines is 1. The summed E-state index contributed by atoms with van der Waals surface area (Å²) in [5.41, 5.74) is 3.61. The second kappa shape index (κ2) is 5.20. The SMILES string of the molecule is Cc1ccc(-c2nnco2)cc1NC(=O)c1cn[nH]c1C. The predicted molar refractivity (Wildman–Crippen MR) is 75.7 cm³/mol. The fraction of sp³-hybridized carbons (Fsp3) is 0.143. The second-order valence-electron chi connectivity index (χ2n) is 4.64. The molecular weight excluding hydrogens is 270 g/mol. The van der Waals surface area contributed by atoms with Gasteiger partial charge in [0.2, 0.25) is 12.3 Å². The van der Waals surface area contributed by atoms with E-state index in [9.17, 15) is 4.79 Å². The average Bonchev–Trinajstić information content (AvgIpc) is 3.12. The predicted octanol–water partition coefficient (Wildman–Crippen LogP) is 2.33. The molecule has 2 aromatic heterocycles. The fourth-order valence-electron chi connectivity index (χ4n) is 1.96. The van der Waals surface area contributed by atoms with Gasteiger partial charge in [0.1, 0.15) is 0 Å². The van der Waals surface area contributed by atoms with E-state index in [1.807, 2.05) is 19.1 Å². The van der Waals surface area contributed by atoms with Crippen LogP contribution in [0.5, 0.6) is 0 Å². The molecule has 2 N–H and O–H groups in total. The highest BCUT2D eigenvalue weighted by Crippen LogP contribution is 2.24. The van der Waals surface area contributed by atoms with Crippen molar-refractivity contribution in [2.45, 2.75) is 13.8 Å². The van der Waals surface area contributed by atoms with Crippen LogP contribution in [0.3, 0.4) is 0 Å². The van der Waals surface area contributed by atoms with Crippen molar-refractivity contribution in [1.29, 1.82) is 0 Å². The summed E-state index contributed by atoms with van der Waals surface area (Å²) >= 11 is 0. The molecule has 0 unspecified atom stereocenters. The second-order valence-corrected chi connectivity index (χ2v) is 4.64. The summed E-state index contributed by atoms with van der Waals surface area (Å²) < 4.78 is 5.16. The molecule has 0 aliphatic rings. The first-order chi connectivity index (χ1) is 10.1. The highest BCUT2D eigenvalue weighted by Gasteiger charge is 2.13.